The maximum atomic E-state index is 13.5. The van der Waals surface area contributed by atoms with Crippen molar-refractivity contribution in [3.8, 4) is 5.69 Å². The van der Waals surface area contributed by atoms with Gasteiger partial charge in [-0.25, -0.2) is 4.39 Å². The summed E-state index contributed by atoms with van der Waals surface area (Å²) in [4.78, 5) is 5.72. The van der Waals surface area contributed by atoms with E-state index in [2.05, 4.69) is 10.1 Å². The molecule has 0 aliphatic carbocycles. The zero-order valence-corrected chi connectivity index (χ0v) is 9.05. The van der Waals surface area contributed by atoms with Crippen molar-refractivity contribution >= 4 is 11.9 Å². The molecule has 0 unspecified atom stereocenters. The molecule has 16 heavy (non-hydrogen) atoms. The number of nitrogen functional groups attached to an aromatic ring is 1. The minimum Gasteiger partial charge on any atom is -0.368 e. The number of benzene rings is 1. The van der Waals surface area contributed by atoms with Crippen molar-refractivity contribution in [2.45, 2.75) is 0 Å². The van der Waals surface area contributed by atoms with Gasteiger partial charge >= 0.3 is 0 Å². The van der Waals surface area contributed by atoms with E-state index >= 15 is 0 Å². The Bertz CT molecular complexity index is 506. The predicted molar refractivity (Wildman–Crippen MR) is 60.1 cm³/mol. The molecule has 0 amide bonds. The summed E-state index contributed by atoms with van der Waals surface area (Å²) in [6, 6.07) is 6.28. The third-order valence-corrected chi connectivity index (χ3v) is 2.10. The van der Waals surface area contributed by atoms with Crippen LogP contribution in [-0.4, -0.2) is 28.9 Å². The topological polar surface area (TPSA) is 60.0 Å². The van der Waals surface area contributed by atoms with E-state index in [1.165, 1.54) is 10.7 Å². The Morgan fingerprint density at radius 1 is 1.31 bits per heavy atom. The van der Waals surface area contributed by atoms with Crippen molar-refractivity contribution in [2.75, 3.05) is 24.7 Å². The number of nitrogens with zero attached hydrogens (tertiary/aromatic N) is 4. The Morgan fingerprint density at radius 2 is 2.00 bits per heavy atom. The molecule has 0 atom stereocenters. The Kier molecular flexibility index (Phi) is 2.47. The highest BCUT2D eigenvalue weighted by Gasteiger charge is 2.12. The van der Waals surface area contributed by atoms with Gasteiger partial charge in [-0.05, 0) is 12.1 Å². The van der Waals surface area contributed by atoms with Crippen LogP contribution in [0.25, 0.3) is 5.69 Å². The highest BCUT2D eigenvalue weighted by atomic mass is 19.1. The minimum absolute atomic E-state index is 0.161. The van der Waals surface area contributed by atoms with Crippen LogP contribution in [0.4, 0.5) is 16.3 Å². The quantitative estimate of drug-likeness (QED) is 0.823. The van der Waals surface area contributed by atoms with Crippen LogP contribution >= 0.6 is 0 Å². The van der Waals surface area contributed by atoms with Gasteiger partial charge in [0.25, 0.3) is 0 Å². The lowest BCUT2D eigenvalue weighted by molar-refractivity contribution is 0.611. The molecule has 2 rings (SSSR count). The van der Waals surface area contributed by atoms with E-state index < -0.39 is 0 Å². The van der Waals surface area contributed by atoms with Crippen LogP contribution in [0.1, 0.15) is 0 Å². The van der Waals surface area contributed by atoms with Gasteiger partial charge in [0.2, 0.25) is 11.9 Å². The van der Waals surface area contributed by atoms with Gasteiger partial charge < -0.3 is 10.6 Å². The number of hydrogen-bond acceptors (Lipinski definition) is 4. The van der Waals surface area contributed by atoms with Gasteiger partial charge in [-0.1, -0.05) is 12.1 Å². The molecule has 1 aromatic carbocycles. The molecule has 0 aliphatic heterocycles. The second kappa shape index (κ2) is 3.80. The lowest BCUT2D eigenvalue weighted by Gasteiger charge is -2.05. The van der Waals surface area contributed by atoms with E-state index in [1.54, 1.807) is 37.2 Å². The van der Waals surface area contributed by atoms with E-state index in [0.717, 1.165) is 0 Å². The van der Waals surface area contributed by atoms with Crippen molar-refractivity contribution in [3.63, 3.8) is 0 Å². The van der Waals surface area contributed by atoms with Crippen LogP contribution in [0, 0.1) is 5.82 Å². The van der Waals surface area contributed by atoms with Crippen LogP contribution in [0.15, 0.2) is 24.3 Å². The normalized spacial score (nSPS) is 10.4. The SMILES string of the molecule is CN(C)c1nc(N)n(-c2ccccc2F)n1. The van der Waals surface area contributed by atoms with Gasteiger partial charge in [-0.3, -0.25) is 0 Å². The fourth-order valence-electron chi connectivity index (χ4n) is 1.30. The lowest BCUT2D eigenvalue weighted by Crippen LogP contribution is -2.11. The first kappa shape index (κ1) is 10.4. The van der Waals surface area contributed by atoms with Crippen molar-refractivity contribution in [1.82, 2.24) is 14.8 Å². The van der Waals surface area contributed by atoms with E-state index in [4.69, 9.17) is 5.73 Å². The summed E-state index contributed by atoms with van der Waals surface area (Å²) in [5.74, 6) is 0.221. The zero-order chi connectivity index (χ0) is 11.7. The lowest BCUT2D eigenvalue weighted by atomic mass is 10.3. The molecule has 0 saturated heterocycles. The molecule has 2 N–H and O–H groups in total. The van der Waals surface area contributed by atoms with Crippen LogP contribution in [-0.2, 0) is 0 Å². The summed E-state index contributed by atoms with van der Waals surface area (Å²) >= 11 is 0. The average molecular weight is 221 g/mol. The zero-order valence-electron chi connectivity index (χ0n) is 9.05. The van der Waals surface area contributed by atoms with Crippen molar-refractivity contribution in [1.29, 1.82) is 0 Å². The molecule has 2 aromatic rings. The van der Waals surface area contributed by atoms with Gasteiger partial charge in [0.15, 0.2) is 0 Å². The summed E-state index contributed by atoms with van der Waals surface area (Å²) in [7, 11) is 3.58. The molecule has 0 saturated carbocycles. The van der Waals surface area contributed by atoms with Crippen LogP contribution in [0.3, 0.4) is 0 Å². The molecule has 1 aromatic heterocycles. The van der Waals surface area contributed by atoms with Gasteiger partial charge in [0, 0.05) is 14.1 Å². The van der Waals surface area contributed by atoms with Gasteiger partial charge in [-0.15, -0.1) is 5.10 Å². The van der Waals surface area contributed by atoms with Gasteiger partial charge in [0.1, 0.15) is 11.5 Å². The minimum atomic E-state index is -0.385. The summed E-state index contributed by atoms with van der Waals surface area (Å²) in [5.41, 5.74) is 5.97. The van der Waals surface area contributed by atoms with E-state index in [-0.39, 0.29) is 11.8 Å². The highest BCUT2D eigenvalue weighted by molar-refractivity contribution is 5.43. The van der Waals surface area contributed by atoms with Crippen molar-refractivity contribution in [3.05, 3.63) is 30.1 Å². The summed E-state index contributed by atoms with van der Waals surface area (Å²) in [6.07, 6.45) is 0. The number of rotatable bonds is 2. The largest absolute Gasteiger partial charge is 0.368 e. The molecule has 0 bridgehead atoms. The Morgan fingerprint density at radius 3 is 2.56 bits per heavy atom. The molecule has 0 radical (unpaired) electrons. The molecule has 0 spiro atoms. The molecule has 84 valence electrons. The number of halogens is 1. The standard InChI is InChI=1S/C10H12FN5/c1-15(2)10-13-9(12)16(14-10)8-6-4-3-5-7(8)11/h3-6H,1-2H3,(H2,12,13,14). The monoisotopic (exact) mass is 221 g/mol. The molecule has 6 heteroatoms. The number of nitrogens with two attached hydrogens (primary N) is 1. The first-order valence-corrected chi connectivity index (χ1v) is 4.74. The van der Waals surface area contributed by atoms with Crippen LogP contribution in [0.2, 0.25) is 0 Å². The predicted octanol–water partition coefficient (Wildman–Crippen LogP) is 1.05. The average Bonchev–Trinajstić information content (AvgIpc) is 2.61. The second-order valence-corrected chi connectivity index (χ2v) is 3.53. The van der Waals surface area contributed by atoms with Crippen molar-refractivity contribution in [2.24, 2.45) is 0 Å². The van der Waals surface area contributed by atoms with E-state index in [1.807, 2.05) is 0 Å². The first-order chi connectivity index (χ1) is 7.59. The Labute approximate surface area is 92.3 Å². The maximum absolute atomic E-state index is 13.5. The number of hydrogen-bond donors (Lipinski definition) is 1. The number of anilines is 2. The van der Waals surface area contributed by atoms with Crippen LogP contribution in [0.5, 0.6) is 0 Å². The summed E-state index contributed by atoms with van der Waals surface area (Å²) < 4.78 is 14.8. The summed E-state index contributed by atoms with van der Waals surface area (Å²) in [6.45, 7) is 0. The molecular formula is C10H12FN5. The Hall–Kier alpha value is -2.11. The molecular weight excluding hydrogens is 209 g/mol. The second-order valence-electron chi connectivity index (χ2n) is 3.53. The maximum Gasteiger partial charge on any atom is 0.246 e. The first-order valence-electron chi connectivity index (χ1n) is 4.74. The fourth-order valence-corrected chi connectivity index (χ4v) is 1.30. The third kappa shape index (κ3) is 1.69. The molecule has 0 aliphatic rings. The fraction of sp³-hybridized carbons (Fsp3) is 0.200. The third-order valence-electron chi connectivity index (χ3n) is 2.10. The Balaban J connectivity index is 2.52. The van der Waals surface area contributed by atoms with Gasteiger partial charge in [0.05, 0.1) is 0 Å². The number of aromatic nitrogens is 3. The summed E-state index contributed by atoms with van der Waals surface area (Å²) in [5, 5.41) is 4.11. The van der Waals surface area contributed by atoms with Crippen LogP contribution < -0.4 is 10.6 Å². The highest BCUT2D eigenvalue weighted by Crippen LogP contribution is 2.17. The van der Waals surface area contributed by atoms with Gasteiger partial charge in [-0.2, -0.15) is 9.67 Å². The molecule has 0 fully saturated rings. The smallest absolute Gasteiger partial charge is 0.246 e. The molecule has 5 nitrogen and oxygen atoms in total. The van der Waals surface area contributed by atoms with E-state index in [0.29, 0.717) is 11.6 Å². The van der Waals surface area contributed by atoms with Crippen molar-refractivity contribution < 1.29 is 4.39 Å². The molecule has 1 heterocycles. The van der Waals surface area contributed by atoms with E-state index in [9.17, 15) is 4.39 Å². The number of para-hydroxylation sites is 1.